The van der Waals surface area contributed by atoms with Gasteiger partial charge in [-0.05, 0) is 36.1 Å². The van der Waals surface area contributed by atoms with Crippen molar-refractivity contribution < 1.29 is 4.74 Å². The lowest BCUT2D eigenvalue weighted by molar-refractivity contribution is 0.463. The highest BCUT2D eigenvalue weighted by Crippen LogP contribution is 2.24. The van der Waals surface area contributed by atoms with Crippen molar-refractivity contribution in [1.29, 1.82) is 0 Å². The monoisotopic (exact) mass is 242 g/mol. The van der Waals surface area contributed by atoms with E-state index in [2.05, 4.69) is 31.0 Å². The molecule has 3 nitrogen and oxygen atoms in total. The molecule has 1 heterocycles. The van der Waals surface area contributed by atoms with Gasteiger partial charge in [0.15, 0.2) is 0 Å². The number of pyridine rings is 1. The Morgan fingerprint density at radius 3 is 2.39 bits per heavy atom. The highest BCUT2D eigenvalue weighted by molar-refractivity contribution is 5.47. The summed E-state index contributed by atoms with van der Waals surface area (Å²) in [5.41, 5.74) is 8.76. The Kier molecular flexibility index (Phi) is 3.51. The van der Waals surface area contributed by atoms with Crippen molar-refractivity contribution in [2.75, 3.05) is 5.73 Å². The summed E-state index contributed by atoms with van der Waals surface area (Å²) in [4.78, 5) is 4.19. The fourth-order valence-electron chi connectivity index (χ4n) is 1.62. The first-order valence-electron chi connectivity index (χ1n) is 6.06. The van der Waals surface area contributed by atoms with Crippen LogP contribution in [0.1, 0.15) is 30.9 Å². The smallest absolute Gasteiger partial charge is 0.221 e. The Balaban J connectivity index is 2.15. The van der Waals surface area contributed by atoms with Crippen molar-refractivity contribution in [3.8, 4) is 11.6 Å². The van der Waals surface area contributed by atoms with Gasteiger partial charge in [-0.3, -0.25) is 0 Å². The highest BCUT2D eigenvalue weighted by atomic mass is 16.5. The number of nitrogens with two attached hydrogens (primary N) is 1. The first-order chi connectivity index (χ1) is 8.56. The molecule has 2 N–H and O–H groups in total. The Bertz CT molecular complexity index is 533. The van der Waals surface area contributed by atoms with Crippen LogP contribution >= 0.6 is 0 Å². The van der Waals surface area contributed by atoms with Crippen molar-refractivity contribution in [3.63, 3.8) is 0 Å². The van der Waals surface area contributed by atoms with E-state index in [1.54, 1.807) is 12.3 Å². The normalized spacial score (nSPS) is 10.7. The largest absolute Gasteiger partial charge is 0.439 e. The number of nitrogens with zero attached hydrogens (tertiary/aromatic N) is 1. The third kappa shape index (κ3) is 2.80. The fraction of sp³-hybridized carbons (Fsp3) is 0.267. The molecule has 0 amide bonds. The predicted octanol–water partition coefficient (Wildman–Crippen LogP) is 3.89. The molecule has 0 unspecified atom stereocenters. The van der Waals surface area contributed by atoms with E-state index in [4.69, 9.17) is 10.5 Å². The Morgan fingerprint density at radius 2 is 1.83 bits per heavy atom. The van der Waals surface area contributed by atoms with Crippen LogP contribution in [0.3, 0.4) is 0 Å². The Hall–Kier alpha value is -2.03. The number of hydrogen-bond donors (Lipinski definition) is 1. The van der Waals surface area contributed by atoms with Gasteiger partial charge >= 0.3 is 0 Å². The number of benzene rings is 1. The van der Waals surface area contributed by atoms with E-state index in [0.29, 0.717) is 17.5 Å². The van der Waals surface area contributed by atoms with E-state index in [1.807, 2.05) is 19.1 Å². The first-order valence-corrected chi connectivity index (χ1v) is 6.06. The van der Waals surface area contributed by atoms with Crippen molar-refractivity contribution >= 4 is 5.69 Å². The molecule has 0 atom stereocenters. The number of aromatic nitrogens is 1. The number of aryl methyl sites for hydroxylation is 1. The maximum absolute atomic E-state index is 5.82. The van der Waals surface area contributed by atoms with Crippen LogP contribution < -0.4 is 10.5 Å². The highest BCUT2D eigenvalue weighted by Gasteiger charge is 2.03. The van der Waals surface area contributed by atoms with Crippen LogP contribution in [0.4, 0.5) is 5.69 Å². The summed E-state index contributed by atoms with van der Waals surface area (Å²) in [5.74, 6) is 1.82. The predicted molar refractivity (Wildman–Crippen MR) is 74.0 cm³/mol. The van der Waals surface area contributed by atoms with Crippen LogP contribution in [0.25, 0.3) is 0 Å². The Labute approximate surface area is 108 Å². The molecule has 0 saturated carbocycles. The van der Waals surface area contributed by atoms with Gasteiger partial charge in [0.2, 0.25) is 5.88 Å². The number of hydrogen-bond acceptors (Lipinski definition) is 3. The minimum atomic E-state index is 0.521. The fourth-order valence-corrected chi connectivity index (χ4v) is 1.62. The summed E-state index contributed by atoms with van der Waals surface area (Å²) in [6.07, 6.45) is 1.72. The minimum Gasteiger partial charge on any atom is -0.439 e. The summed E-state index contributed by atoms with van der Waals surface area (Å²) in [6.45, 7) is 6.25. The van der Waals surface area contributed by atoms with Gasteiger partial charge in [0, 0.05) is 18.0 Å². The summed E-state index contributed by atoms with van der Waals surface area (Å²) >= 11 is 0. The molecule has 0 saturated heterocycles. The average molecular weight is 242 g/mol. The van der Waals surface area contributed by atoms with Crippen LogP contribution in [0.2, 0.25) is 0 Å². The molecule has 2 aromatic rings. The van der Waals surface area contributed by atoms with E-state index >= 15 is 0 Å². The molecule has 0 bridgehead atoms. The average Bonchev–Trinajstić information content (AvgIpc) is 2.34. The van der Waals surface area contributed by atoms with Crippen molar-refractivity contribution in [1.82, 2.24) is 4.98 Å². The molecule has 0 aliphatic heterocycles. The molecular weight excluding hydrogens is 224 g/mol. The molecule has 0 fully saturated rings. The van der Waals surface area contributed by atoms with Gasteiger partial charge < -0.3 is 10.5 Å². The number of anilines is 1. The van der Waals surface area contributed by atoms with Crippen molar-refractivity contribution in [2.45, 2.75) is 26.7 Å². The van der Waals surface area contributed by atoms with Crippen LogP contribution in [0, 0.1) is 6.92 Å². The number of nitrogen functional groups attached to an aromatic ring is 1. The summed E-state index contributed by atoms with van der Waals surface area (Å²) < 4.78 is 5.66. The molecule has 18 heavy (non-hydrogen) atoms. The summed E-state index contributed by atoms with van der Waals surface area (Å²) in [6, 6.07) is 9.78. The second-order valence-corrected chi connectivity index (χ2v) is 4.70. The molecule has 1 aromatic carbocycles. The molecule has 0 aliphatic rings. The zero-order valence-corrected chi connectivity index (χ0v) is 11.0. The Morgan fingerprint density at radius 1 is 1.17 bits per heavy atom. The topological polar surface area (TPSA) is 48.1 Å². The lowest BCUT2D eigenvalue weighted by atomic mass is 10.0. The second kappa shape index (κ2) is 5.08. The van der Waals surface area contributed by atoms with E-state index in [1.165, 1.54) is 5.56 Å². The van der Waals surface area contributed by atoms with Gasteiger partial charge in [0.1, 0.15) is 5.75 Å². The summed E-state index contributed by atoms with van der Waals surface area (Å²) in [5, 5.41) is 0. The molecule has 0 aliphatic carbocycles. The van der Waals surface area contributed by atoms with E-state index < -0.39 is 0 Å². The lowest BCUT2D eigenvalue weighted by Gasteiger charge is -2.09. The third-order valence-electron chi connectivity index (χ3n) is 2.89. The van der Waals surface area contributed by atoms with Crippen LogP contribution in [-0.2, 0) is 0 Å². The standard InChI is InChI=1S/C15H18N2O/c1-10(2)12-4-6-13(7-5-12)18-15-8-14(16)11(3)9-17-15/h4-10H,1-3H3,(H2,16,17). The van der Waals surface area contributed by atoms with Crippen molar-refractivity contribution in [2.24, 2.45) is 0 Å². The molecule has 3 heteroatoms. The maximum Gasteiger partial charge on any atom is 0.221 e. The minimum absolute atomic E-state index is 0.521. The van der Waals surface area contributed by atoms with Gasteiger partial charge in [0.05, 0.1) is 0 Å². The van der Waals surface area contributed by atoms with E-state index in [9.17, 15) is 0 Å². The van der Waals surface area contributed by atoms with Crippen LogP contribution in [-0.4, -0.2) is 4.98 Å². The van der Waals surface area contributed by atoms with E-state index in [0.717, 1.165) is 11.3 Å². The lowest BCUT2D eigenvalue weighted by Crippen LogP contribution is -1.94. The zero-order chi connectivity index (χ0) is 13.1. The van der Waals surface area contributed by atoms with Gasteiger partial charge in [-0.15, -0.1) is 0 Å². The van der Waals surface area contributed by atoms with Crippen LogP contribution in [0.15, 0.2) is 36.5 Å². The first kappa shape index (κ1) is 12.4. The van der Waals surface area contributed by atoms with Gasteiger partial charge in [0.25, 0.3) is 0 Å². The molecule has 1 aromatic heterocycles. The molecule has 2 rings (SSSR count). The number of ether oxygens (including phenoxy) is 1. The maximum atomic E-state index is 5.82. The van der Waals surface area contributed by atoms with Gasteiger partial charge in [-0.1, -0.05) is 26.0 Å². The SMILES string of the molecule is Cc1cnc(Oc2ccc(C(C)C)cc2)cc1N. The third-order valence-corrected chi connectivity index (χ3v) is 2.89. The number of rotatable bonds is 3. The quantitative estimate of drug-likeness (QED) is 0.888. The van der Waals surface area contributed by atoms with Gasteiger partial charge in [-0.2, -0.15) is 0 Å². The van der Waals surface area contributed by atoms with Crippen LogP contribution in [0.5, 0.6) is 11.6 Å². The second-order valence-electron chi connectivity index (χ2n) is 4.70. The summed E-state index contributed by atoms with van der Waals surface area (Å²) in [7, 11) is 0. The zero-order valence-electron chi connectivity index (χ0n) is 11.0. The molecular formula is C15H18N2O. The van der Waals surface area contributed by atoms with Crippen molar-refractivity contribution in [3.05, 3.63) is 47.7 Å². The molecule has 0 spiro atoms. The molecule has 94 valence electrons. The van der Waals surface area contributed by atoms with Gasteiger partial charge in [-0.25, -0.2) is 4.98 Å². The molecule has 0 radical (unpaired) electrons. The van der Waals surface area contributed by atoms with E-state index in [-0.39, 0.29) is 0 Å².